The molecule has 2 unspecified atom stereocenters. The van der Waals surface area contributed by atoms with E-state index in [4.69, 9.17) is 4.74 Å². The van der Waals surface area contributed by atoms with E-state index in [-0.39, 0.29) is 12.0 Å². The minimum absolute atomic E-state index is 0.0912. The Morgan fingerprint density at radius 3 is 2.50 bits per heavy atom. The maximum atomic E-state index is 11.8. The summed E-state index contributed by atoms with van der Waals surface area (Å²) >= 11 is 0. The van der Waals surface area contributed by atoms with Crippen LogP contribution in [0, 0.1) is 0 Å². The highest BCUT2D eigenvalue weighted by molar-refractivity contribution is 5.80. The summed E-state index contributed by atoms with van der Waals surface area (Å²) in [6.07, 6.45) is 1.79. The number of rotatable bonds is 8. The van der Waals surface area contributed by atoms with Gasteiger partial charge in [0.05, 0.1) is 6.10 Å². The SMILES string of the molecule is CCCCNC(=O)C(C)Oc1ccc(CC(C)O)cc1. The molecule has 1 aromatic rings. The van der Waals surface area contributed by atoms with Crippen LogP contribution in [0.5, 0.6) is 5.75 Å². The summed E-state index contributed by atoms with van der Waals surface area (Å²) in [7, 11) is 0. The molecule has 0 saturated carbocycles. The highest BCUT2D eigenvalue weighted by Crippen LogP contribution is 2.15. The fraction of sp³-hybridized carbons (Fsp3) is 0.562. The molecule has 4 heteroatoms. The first-order chi connectivity index (χ1) is 9.52. The van der Waals surface area contributed by atoms with Crippen LogP contribution in [0.25, 0.3) is 0 Å². The van der Waals surface area contributed by atoms with Gasteiger partial charge in [0.15, 0.2) is 6.10 Å². The van der Waals surface area contributed by atoms with Gasteiger partial charge in [-0.2, -0.15) is 0 Å². The molecule has 0 fully saturated rings. The third kappa shape index (κ3) is 6.06. The van der Waals surface area contributed by atoms with Crippen molar-refractivity contribution in [3.63, 3.8) is 0 Å². The predicted octanol–water partition coefficient (Wildman–Crippen LogP) is 2.29. The van der Waals surface area contributed by atoms with Gasteiger partial charge in [-0.1, -0.05) is 25.5 Å². The van der Waals surface area contributed by atoms with Crippen molar-refractivity contribution in [1.29, 1.82) is 0 Å². The Balaban J connectivity index is 2.45. The molecule has 0 heterocycles. The average molecular weight is 279 g/mol. The number of ether oxygens (including phenoxy) is 1. The van der Waals surface area contributed by atoms with Gasteiger partial charge in [0.2, 0.25) is 0 Å². The zero-order valence-corrected chi connectivity index (χ0v) is 12.6. The molecule has 2 N–H and O–H groups in total. The minimum atomic E-state index is -0.505. The summed E-state index contributed by atoms with van der Waals surface area (Å²) in [4.78, 5) is 11.8. The molecule has 1 rings (SSSR count). The van der Waals surface area contributed by atoms with Crippen LogP contribution in [0.1, 0.15) is 39.2 Å². The van der Waals surface area contributed by atoms with Crippen molar-refractivity contribution in [2.45, 2.75) is 52.2 Å². The molecule has 0 aliphatic rings. The number of carbonyl (C=O) groups excluding carboxylic acids is 1. The van der Waals surface area contributed by atoms with E-state index >= 15 is 0 Å². The molecule has 4 nitrogen and oxygen atoms in total. The van der Waals surface area contributed by atoms with Gasteiger partial charge in [0.25, 0.3) is 5.91 Å². The second-order valence-corrected chi connectivity index (χ2v) is 5.10. The predicted molar refractivity (Wildman–Crippen MR) is 79.8 cm³/mol. The van der Waals surface area contributed by atoms with Gasteiger partial charge in [-0.05, 0) is 44.4 Å². The zero-order valence-electron chi connectivity index (χ0n) is 12.6. The topological polar surface area (TPSA) is 58.6 Å². The number of nitrogens with one attached hydrogen (secondary N) is 1. The Labute approximate surface area is 121 Å². The van der Waals surface area contributed by atoms with Crippen molar-refractivity contribution in [2.24, 2.45) is 0 Å². The second kappa shape index (κ2) is 8.59. The summed E-state index contributed by atoms with van der Waals surface area (Å²) in [5, 5.41) is 12.2. The van der Waals surface area contributed by atoms with Crippen LogP contribution in [0.2, 0.25) is 0 Å². The quantitative estimate of drug-likeness (QED) is 0.718. The van der Waals surface area contributed by atoms with Gasteiger partial charge in [0.1, 0.15) is 5.75 Å². The number of hydrogen-bond donors (Lipinski definition) is 2. The van der Waals surface area contributed by atoms with Crippen molar-refractivity contribution in [3.8, 4) is 5.75 Å². The molecule has 20 heavy (non-hydrogen) atoms. The highest BCUT2D eigenvalue weighted by Gasteiger charge is 2.13. The van der Waals surface area contributed by atoms with E-state index in [1.54, 1.807) is 13.8 Å². The number of aliphatic hydroxyl groups is 1. The number of unbranched alkanes of at least 4 members (excludes halogenated alkanes) is 1. The van der Waals surface area contributed by atoms with Crippen molar-refractivity contribution >= 4 is 5.91 Å². The molecule has 0 aromatic heterocycles. The second-order valence-electron chi connectivity index (χ2n) is 5.10. The lowest BCUT2D eigenvalue weighted by Crippen LogP contribution is -2.36. The van der Waals surface area contributed by atoms with E-state index in [0.717, 1.165) is 18.4 Å². The lowest BCUT2D eigenvalue weighted by Gasteiger charge is -2.15. The fourth-order valence-corrected chi connectivity index (χ4v) is 1.83. The smallest absolute Gasteiger partial charge is 0.260 e. The number of carbonyl (C=O) groups is 1. The molecular formula is C16H25NO3. The molecule has 1 amide bonds. The molecule has 0 saturated heterocycles. The summed E-state index contributed by atoms with van der Waals surface area (Å²) < 4.78 is 5.59. The number of amides is 1. The fourth-order valence-electron chi connectivity index (χ4n) is 1.83. The molecule has 1 aromatic carbocycles. The van der Waals surface area contributed by atoms with Crippen LogP contribution < -0.4 is 10.1 Å². The number of aliphatic hydroxyl groups excluding tert-OH is 1. The summed E-state index contributed by atoms with van der Waals surface area (Å²) in [5.41, 5.74) is 1.05. The van der Waals surface area contributed by atoms with Gasteiger partial charge in [-0.25, -0.2) is 0 Å². The van der Waals surface area contributed by atoms with Crippen molar-refractivity contribution < 1.29 is 14.6 Å². The lowest BCUT2D eigenvalue weighted by atomic mass is 10.1. The van der Waals surface area contributed by atoms with Crippen LogP contribution in [-0.4, -0.2) is 29.8 Å². The average Bonchev–Trinajstić information content (AvgIpc) is 2.40. The van der Waals surface area contributed by atoms with Crippen LogP contribution in [0.3, 0.4) is 0 Å². The Morgan fingerprint density at radius 1 is 1.30 bits per heavy atom. The third-order valence-corrected chi connectivity index (χ3v) is 2.97. The van der Waals surface area contributed by atoms with E-state index in [1.807, 2.05) is 24.3 Å². The zero-order chi connectivity index (χ0) is 15.0. The maximum absolute atomic E-state index is 11.8. The van der Waals surface area contributed by atoms with E-state index in [1.165, 1.54) is 0 Å². The Kier molecular flexibility index (Phi) is 7.09. The molecule has 0 spiro atoms. The molecule has 0 aliphatic carbocycles. The van der Waals surface area contributed by atoms with Gasteiger partial charge >= 0.3 is 0 Å². The highest BCUT2D eigenvalue weighted by atomic mass is 16.5. The van der Waals surface area contributed by atoms with Crippen molar-refractivity contribution in [3.05, 3.63) is 29.8 Å². The minimum Gasteiger partial charge on any atom is -0.481 e. The first-order valence-corrected chi connectivity index (χ1v) is 7.24. The van der Waals surface area contributed by atoms with E-state index in [0.29, 0.717) is 18.7 Å². The van der Waals surface area contributed by atoms with E-state index < -0.39 is 6.10 Å². The summed E-state index contributed by atoms with van der Waals surface area (Å²) in [6, 6.07) is 7.47. The largest absolute Gasteiger partial charge is 0.481 e. The normalized spacial score (nSPS) is 13.6. The van der Waals surface area contributed by atoms with Crippen LogP contribution >= 0.6 is 0 Å². The van der Waals surface area contributed by atoms with Crippen LogP contribution in [-0.2, 0) is 11.2 Å². The molecule has 0 aliphatic heterocycles. The Morgan fingerprint density at radius 2 is 1.95 bits per heavy atom. The first-order valence-electron chi connectivity index (χ1n) is 7.24. The molecular weight excluding hydrogens is 254 g/mol. The summed E-state index contributed by atoms with van der Waals surface area (Å²) in [5.74, 6) is 0.573. The van der Waals surface area contributed by atoms with Gasteiger partial charge in [0, 0.05) is 6.54 Å². The van der Waals surface area contributed by atoms with Crippen LogP contribution in [0.4, 0.5) is 0 Å². The van der Waals surface area contributed by atoms with Crippen LogP contribution in [0.15, 0.2) is 24.3 Å². The van der Waals surface area contributed by atoms with E-state index in [2.05, 4.69) is 12.2 Å². The van der Waals surface area contributed by atoms with Gasteiger partial charge < -0.3 is 15.2 Å². The molecule has 0 bridgehead atoms. The van der Waals surface area contributed by atoms with Crippen molar-refractivity contribution in [2.75, 3.05) is 6.54 Å². The maximum Gasteiger partial charge on any atom is 0.260 e. The Hall–Kier alpha value is -1.55. The molecule has 0 radical (unpaired) electrons. The lowest BCUT2D eigenvalue weighted by molar-refractivity contribution is -0.127. The van der Waals surface area contributed by atoms with Gasteiger partial charge in [-0.3, -0.25) is 4.79 Å². The first kappa shape index (κ1) is 16.5. The number of benzene rings is 1. The number of hydrogen-bond acceptors (Lipinski definition) is 3. The van der Waals surface area contributed by atoms with Gasteiger partial charge in [-0.15, -0.1) is 0 Å². The third-order valence-electron chi connectivity index (χ3n) is 2.97. The summed E-state index contributed by atoms with van der Waals surface area (Å²) in [6.45, 7) is 6.27. The standard InChI is InChI=1S/C16H25NO3/c1-4-5-10-17-16(19)13(3)20-15-8-6-14(7-9-15)11-12(2)18/h6-9,12-13,18H,4-5,10-11H2,1-3H3,(H,17,19). The molecule has 2 atom stereocenters. The van der Waals surface area contributed by atoms with Crippen molar-refractivity contribution in [1.82, 2.24) is 5.32 Å². The molecule has 112 valence electrons. The van der Waals surface area contributed by atoms with E-state index in [9.17, 15) is 9.90 Å². The Bertz CT molecular complexity index is 401. The monoisotopic (exact) mass is 279 g/mol.